The van der Waals surface area contributed by atoms with Gasteiger partial charge in [0.15, 0.2) is 0 Å². The molecule has 0 heterocycles. The summed E-state index contributed by atoms with van der Waals surface area (Å²) in [5.74, 6) is 0.187. The third-order valence-corrected chi connectivity index (χ3v) is 4.23. The summed E-state index contributed by atoms with van der Waals surface area (Å²) in [6, 6.07) is 0. The van der Waals surface area contributed by atoms with Crippen LogP contribution in [-0.4, -0.2) is 30.6 Å². The second-order valence-corrected chi connectivity index (χ2v) is 6.27. The number of ether oxygens (including phenoxy) is 2. The van der Waals surface area contributed by atoms with E-state index < -0.39 is 4.32 Å². The van der Waals surface area contributed by atoms with Crippen molar-refractivity contribution < 1.29 is 14.3 Å². The number of rotatable bonds is 4. The van der Waals surface area contributed by atoms with E-state index >= 15 is 0 Å². The quantitative estimate of drug-likeness (QED) is 0.590. The largest absolute Gasteiger partial charge is 0.468 e. The number of methoxy groups -OCH3 is 2. The molecule has 0 aliphatic heterocycles. The van der Waals surface area contributed by atoms with Gasteiger partial charge in [0, 0.05) is 7.11 Å². The molecule has 1 aliphatic rings. The second-order valence-electron chi connectivity index (χ2n) is 4.62. The molecule has 0 spiro atoms. The first-order chi connectivity index (χ1) is 7.54. The van der Waals surface area contributed by atoms with Crippen molar-refractivity contribution >= 4 is 21.9 Å². The standard InChI is InChI=1S/C12H21BrO3/c1-12(13,11(14)16-3)10(15-2)9-7-5-4-6-8-9/h9-10H,4-8H2,1-3H3/t10-,12+/m1/s1. The van der Waals surface area contributed by atoms with Crippen LogP contribution in [0.1, 0.15) is 39.0 Å². The van der Waals surface area contributed by atoms with E-state index in [0.29, 0.717) is 5.92 Å². The summed E-state index contributed by atoms with van der Waals surface area (Å²) < 4.78 is 9.62. The lowest BCUT2D eigenvalue weighted by molar-refractivity contribution is -0.148. The van der Waals surface area contributed by atoms with E-state index in [1.54, 1.807) is 7.11 Å². The van der Waals surface area contributed by atoms with E-state index in [9.17, 15) is 4.79 Å². The van der Waals surface area contributed by atoms with Gasteiger partial charge in [-0.25, -0.2) is 0 Å². The molecule has 0 aromatic carbocycles. The number of hydrogen-bond acceptors (Lipinski definition) is 3. The summed E-state index contributed by atoms with van der Waals surface area (Å²) in [7, 11) is 3.08. The highest BCUT2D eigenvalue weighted by atomic mass is 79.9. The fourth-order valence-corrected chi connectivity index (χ4v) is 3.33. The van der Waals surface area contributed by atoms with E-state index in [4.69, 9.17) is 9.47 Å². The average Bonchev–Trinajstić information content (AvgIpc) is 2.30. The van der Waals surface area contributed by atoms with Gasteiger partial charge in [-0.3, -0.25) is 4.79 Å². The van der Waals surface area contributed by atoms with E-state index in [0.717, 1.165) is 12.8 Å². The van der Waals surface area contributed by atoms with Crippen LogP contribution < -0.4 is 0 Å². The lowest BCUT2D eigenvalue weighted by Crippen LogP contribution is -2.47. The Kier molecular flexibility index (Phi) is 5.25. The first-order valence-electron chi connectivity index (χ1n) is 5.84. The zero-order chi connectivity index (χ0) is 12.2. The third-order valence-electron chi connectivity index (χ3n) is 3.45. The van der Waals surface area contributed by atoms with Crippen molar-refractivity contribution in [2.45, 2.75) is 49.5 Å². The molecule has 1 aliphatic carbocycles. The van der Waals surface area contributed by atoms with Crippen LogP contribution in [0.15, 0.2) is 0 Å². The summed E-state index contributed by atoms with van der Waals surface area (Å²) in [4.78, 5) is 11.7. The molecule has 1 fully saturated rings. The fraction of sp³-hybridized carbons (Fsp3) is 0.917. The Morgan fingerprint density at radius 3 is 2.31 bits per heavy atom. The van der Waals surface area contributed by atoms with Crippen LogP contribution in [0.5, 0.6) is 0 Å². The Labute approximate surface area is 106 Å². The Balaban J connectivity index is 2.74. The Morgan fingerprint density at radius 1 is 1.31 bits per heavy atom. The van der Waals surface area contributed by atoms with Gasteiger partial charge >= 0.3 is 5.97 Å². The fourth-order valence-electron chi connectivity index (χ4n) is 2.61. The molecule has 2 atom stereocenters. The molecule has 0 amide bonds. The van der Waals surface area contributed by atoms with E-state index in [1.807, 2.05) is 6.92 Å². The molecule has 0 aromatic rings. The highest BCUT2D eigenvalue weighted by Crippen LogP contribution is 2.37. The molecule has 0 saturated heterocycles. The van der Waals surface area contributed by atoms with Gasteiger partial charge in [-0.05, 0) is 25.7 Å². The smallest absolute Gasteiger partial charge is 0.325 e. The van der Waals surface area contributed by atoms with E-state index in [1.165, 1.54) is 26.4 Å². The molecule has 3 nitrogen and oxygen atoms in total. The van der Waals surface area contributed by atoms with Gasteiger partial charge in [-0.2, -0.15) is 0 Å². The van der Waals surface area contributed by atoms with Crippen molar-refractivity contribution in [2.24, 2.45) is 5.92 Å². The molecule has 94 valence electrons. The van der Waals surface area contributed by atoms with Gasteiger partial charge in [0.2, 0.25) is 0 Å². The van der Waals surface area contributed by atoms with Crippen LogP contribution >= 0.6 is 15.9 Å². The van der Waals surface area contributed by atoms with Crippen molar-refractivity contribution in [3.8, 4) is 0 Å². The maximum atomic E-state index is 11.7. The van der Waals surface area contributed by atoms with Gasteiger partial charge in [0.25, 0.3) is 0 Å². The van der Waals surface area contributed by atoms with Gasteiger partial charge < -0.3 is 9.47 Å². The predicted octanol–water partition coefficient (Wildman–Crippen LogP) is 2.91. The van der Waals surface area contributed by atoms with Crippen molar-refractivity contribution in [1.82, 2.24) is 0 Å². The molecule has 0 radical (unpaired) electrons. The first kappa shape index (κ1) is 14.0. The SMILES string of the molecule is COC(=O)[C@@](C)(Br)[C@H](OC)C1CCCCC1. The van der Waals surface area contributed by atoms with Crippen molar-refractivity contribution in [3.05, 3.63) is 0 Å². The highest BCUT2D eigenvalue weighted by molar-refractivity contribution is 9.10. The molecular formula is C12H21BrO3. The second kappa shape index (κ2) is 6.01. The van der Waals surface area contributed by atoms with Gasteiger partial charge in [0.1, 0.15) is 4.32 Å². The molecule has 0 aromatic heterocycles. The number of halogens is 1. The molecule has 0 unspecified atom stereocenters. The Hall–Kier alpha value is -0.0900. The third kappa shape index (κ3) is 2.98. The lowest BCUT2D eigenvalue weighted by Gasteiger charge is -2.36. The normalized spacial score (nSPS) is 23.5. The molecule has 1 saturated carbocycles. The van der Waals surface area contributed by atoms with Crippen LogP contribution in [0, 0.1) is 5.92 Å². The summed E-state index contributed by atoms with van der Waals surface area (Å²) in [5, 5.41) is 0. The minimum absolute atomic E-state index is 0.111. The number of carbonyl (C=O) groups is 1. The van der Waals surface area contributed by atoms with E-state index in [-0.39, 0.29) is 12.1 Å². The van der Waals surface area contributed by atoms with Crippen molar-refractivity contribution in [1.29, 1.82) is 0 Å². The minimum atomic E-state index is -0.738. The van der Waals surface area contributed by atoms with Crippen molar-refractivity contribution in [3.63, 3.8) is 0 Å². The Bertz CT molecular complexity index is 234. The van der Waals surface area contributed by atoms with Crippen LogP contribution in [0.2, 0.25) is 0 Å². The van der Waals surface area contributed by atoms with Gasteiger partial charge in [-0.15, -0.1) is 0 Å². The zero-order valence-corrected chi connectivity index (χ0v) is 11.9. The summed E-state index contributed by atoms with van der Waals surface area (Å²) in [5.41, 5.74) is 0. The predicted molar refractivity (Wildman–Crippen MR) is 66.7 cm³/mol. The summed E-state index contributed by atoms with van der Waals surface area (Å²) >= 11 is 3.47. The van der Waals surface area contributed by atoms with Crippen LogP contribution in [0.4, 0.5) is 0 Å². The van der Waals surface area contributed by atoms with E-state index in [2.05, 4.69) is 15.9 Å². The van der Waals surface area contributed by atoms with Crippen LogP contribution in [0.25, 0.3) is 0 Å². The lowest BCUT2D eigenvalue weighted by atomic mass is 9.80. The van der Waals surface area contributed by atoms with Crippen LogP contribution in [-0.2, 0) is 14.3 Å². The topological polar surface area (TPSA) is 35.5 Å². The first-order valence-corrected chi connectivity index (χ1v) is 6.63. The Morgan fingerprint density at radius 2 is 1.88 bits per heavy atom. The summed E-state index contributed by atoms with van der Waals surface area (Å²) in [6.45, 7) is 1.83. The number of carbonyl (C=O) groups excluding carboxylic acids is 1. The van der Waals surface area contributed by atoms with Gasteiger partial charge in [-0.1, -0.05) is 35.2 Å². The molecule has 1 rings (SSSR count). The monoisotopic (exact) mass is 292 g/mol. The molecule has 16 heavy (non-hydrogen) atoms. The zero-order valence-electron chi connectivity index (χ0n) is 10.3. The minimum Gasteiger partial charge on any atom is -0.468 e. The number of hydrogen-bond donors (Lipinski definition) is 0. The van der Waals surface area contributed by atoms with Gasteiger partial charge in [0.05, 0.1) is 13.2 Å². The molecule has 0 bridgehead atoms. The maximum Gasteiger partial charge on any atom is 0.325 e. The number of alkyl halides is 1. The highest BCUT2D eigenvalue weighted by Gasteiger charge is 2.44. The maximum absolute atomic E-state index is 11.7. The average molecular weight is 293 g/mol. The molecule has 0 N–H and O–H groups in total. The molecule has 4 heteroatoms. The molecular weight excluding hydrogens is 272 g/mol. The van der Waals surface area contributed by atoms with Crippen LogP contribution in [0.3, 0.4) is 0 Å². The number of esters is 1. The van der Waals surface area contributed by atoms with Crippen molar-refractivity contribution in [2.75, 3.05) is 14.2 Å². The summed E-state index contributed by atoms with van der Waals surface area (Å²) in [6.07, 6.45) is 5.92.